The predicted octanol–water partition coefficient (Wildman–Crippen LogP) is 3.42. The second kappa shape index (κ2) is 11.3. The van der Waals surface area contributed by atoms with Crippen LogP contribution < -0.4 is 5.32 Å². The molecule has 6 rings (SSSR count). The Bertz CT molecular complexity index is 1350. The Morgan fingerprint density at radius 3 is 2.44 bits per heavy atom. The quantitative estimate of drug-likeness (QED) is 0.510. The van der Waals surface area contributed by atoms with E-state index < -0.39 is 6.04 Å². The van der Waals surface area contributed by atoms with Crippen molar-refractivity contribution >= 4 is 34.2 Å². The van der Waals surface area contributed by atoms with Gasteiger partial charge in [0.25, 0.3) is 17.7 Å². The van der Waals surface area contributed by atoms with E-state index >= 15 is 0 Å². The number of morpholine rings is 1. The number of amides is 3. The number of nitrogens with zero attached hydrogens (tertiary/aromatic N) is 4. The lowest BCUT2D eigenvalue weighted by Crippen LogP contribution is -2.50. The summed E-state index contributed by atoms with van der Waals surface area (Å²) in [4.78, 5) is 50.4. The Morgan fingerprint density at radius 1 is 0.974 bits per heavy atom. The molecule has 202 valence electrons. The highest BCUT2D eigenvalue weighted by molar-refractivity contribution is 7.14. The van der Waals surface area contributed by atoms with Crippen LogP contribution in [-0.4, -0.2) is 82.8 Å². The van der Waals surface area contributed by atoms with Crippen molar-refractivity contribution in [2.24, 2.45) is 0 Å². The summed E-state index contributed by atoms with van der Waals surface area (Å²) in [6.45, 7) is 5.18. The van der Waals surface area contributed by atoms with E-state index in [1.807, 2.05) is 53.4 Å². The molecule has 2 fully saturated rings. The minimum Gasteiger partial charge on any atom is -0.379 e. The van der Waals surface area contributed by atoms with Gasteiger partial charge in [-0.25, -0.2) is 4.98 Å². The lowest BCUT2D eigenvalue weighted by molar-refractivity contribution is -0.120. The van der Waals surface area contributed by atoms with Gasteiger partial charge in [0.05, 0.1) is 13.2 Å². The van der Waals surface area contributed by atoms with E-state index in [0.717, 1.165) is 44.7 Å². The average Bonchev–Trinajstić information content (AvgIpc) is 3.58. The molecule has 1 unspecified atom stereocenters. The number of hydrogen-bond acceptors (Lipinski definition) is 7. The van der Waals surface area contributed by atoms with E-state index in [1.54, 1.807) is 16.3 Å². The number of carbonyl (C=O) groups is 3. The first-order valence-electron chi connectivity index (χ1n) is 13.4. The van der Waals surface area contributed by atoms with Crippen LogP contribution >= 0.6 is 11.3 Å². The zero-order valence-corrected chi connectivity index (χ0v) is 22.4. The van der Waals surface area contributed by atoms with Gasteiger partial charge in [0.2, 0.25) is 0 Å². The second-order valence-corrected chi connectivity index (χ2v) is 11.0. The monoisotopic (exact) mass is 545 g/mol. The van der Waals surface area contributed by atoms with Crippen molar-refractivity contribution in [1.82, 2.24) is 19.7 Å². The molecular weight excluding hydrogens is 514 g/mol. The molecule has 39 heavy (non-hydrogen) atoms. The number of ether oxygens (including phenoxy) is 1. The number of carbonyl (C=O) groups excluding carboxylic acids is 3. The van der Waals surface area contributed by atoms with Crippen LogP contribution in [-0.2, 0) is 16.1 Å². The molecule has 2 saturated heterocycles. The molecule has 3 aliphatic rings. The van der Waals surface area contributed by atoms with Crippen LogP contribution in [0.1, 0.15) is 50.9 Å². The Hall–Kier alpha value is -3.60. The lowest BCUT2D eigenvalue weighted by atomic mass is 10.0. The molecule has 3 aliphatic heterocycles. The molecule has 3 aromatic rings. The van der Waals surface area contributed by atoms with Gasteiger partial charge >= 0.3 is 0 Å². The number of anilines is 1. The van der Waals surface area contributed by atoms with Crippen molar-refractivity contribution in [2.75, 3.05) is 44.7 Å². The first kappa shape index (κ1) is 25.7. The number of benzene rings is 2. The summed E-state index contributed by atoms with van der Waals surface area (Å²) < 4.78 is 5.46. The maximum Gasteiger partial charge on any atom is 0.273 e. The number of nitrogens with one attached hydrogen (secondary N) is 1. The highest BCUT2D eigenvalue weighted by Gasteiger charge is 2.37. The summed E-state index contributed by atoms with van der Waals surface area (Å²) in [5.74, 6) is -0.649. The normalized spacial score (nSPS) is 19.1. The van der Waals surface area contributed by atoms with Crippen LogP contribution in [0.4, 0.5) is 5.13 Å². The highest BCUT2D eigenvalue weighted by atomic mass is 32.1. The minimum absolute atomic E-state index is 0.114. The van der Waals surface area contributed by atoms with E-state index in [4.69, 9.17) is 4.74 Å². The predicted molar refractivity (Wildman–Crippen MR) is 148 cm³/mol. The van der Waals surface area contributed by atoms with Gasteiger partial charge in [0.15, 0.2) is 5.13 Å². The molecule has 2 aromatic carbocycles. The fourth-order valence-corrected chi connectivity index (χ4v) is 6.42. The van der Waals surface area contributed by atoms with Crippen molar-refractivity contribution in [3.05, 3.63) is 82.4 Å². The van der Waals surface area contributed by atoms with Crippen LogP contribution in [0.15, 0.2) is 60.0 Å². The van der Waals surface area contributed by atoms with E-state index in [1.165, 1.54) is 11.3 Å². The summed E-state index contributed by atoms with van der Waals surface area (Å²) >= 11 is 1.22. The number of piperidine rings is 1. The highest BCUT2D eigenvalue weighted by Crippen LogP contribution is 2.33. The third kappa shape index (κ3) is 5.32. The summed E-state index contributed by atoms with van der Waals surface area (Å²) in [7, 11) is 0. The molecule has 4 heterocycles. The molecule has 0 bridgehead atoms. The smallest absolute Gasteiger partial charge is 0.273 e. The summed E-state index contributed by atoms with van der Waals surface area (Å²) in [6.07, 6.45) is 1.87. The summed E-state index contributed by atoms with van der Waals surface area (Å²) in [5, 5.41) is 4.92. The topological polar surface area (TPSA) is 95.1 Å². The number of fused-ring (bicyclic) bond motifs is 1. The van der Waals surface area contributed by atoms with Gasteiger partial charge in [-0.3, -0.25) is 24.6 Å². The molecule has 0 spiro atoms. The van der Waals surface area contributed by atoms with Crippen LogP contribution in [0.25, 0.3) is 0 Å². The molecule has 3 amide bonds. The maximum atomic E-state index is 13.6. The standard InChI is InChI=1S/C29H31N5O4S/c35-26(25(20-6-2-1-3-7-20)34-18-21-8-4-5-9-23(21)27(34)36)31-29-30-24(19-39-29)28(37)33-12-10-22(11-13-33)32-14-16-38-17-15-32/h1-9,19,22,25H,10-18H2,(H,30,31,35). The Kier molecular flexibility index (Phi) is 7.40. The van der Waals surface area contributed by atoms with Crippen LogP contribution in [0, 0.1) is 0 Å². The van der Waals surface area contributed by atoms with E-state index in [-0.39, 0.29) is 17.7 Å². The summed E-state index contributed by atoms with van der Waals surface area (Å²) in [6, 6.07) is 16.4. The van der Waals surface area contributed by atoms with Crippen molar-refractivity contribution in [3.63, 3.8) is 0 Å². The van der Waals surface area contributed by atoms with E-state index in [0.29, 0.717) is 47.6 Å². The van der Waals surface area contributed by atoms with Crippen LogP contribution in [0.5, 0.6) is 0 Å². The fourth-order valence-electron chi connectivity index (χ4n) is 5.74. The molecule has 1 atom stereocenters. The molecule has 10 heteroatoms. The molecule has 0 saturated carbocycles. The van der Waals surface area contributed by atoms with Gasteiger partial charge in [-0.2, -0.15) is 0 Å². The van der Waals surface area contributed by atoms with Gasteiger partial charge in [-0.1, -0.05) is 48.5 Å². The Balaban J connectivity index is 1.13. The van der Waals surface area contributed by atoms with E-state index in [2.05, 4.69) is 15.2 Å². The SMILES string of the molecule is O=C(Nc1nc(C(=O)N2CCC(N3CCOCC3)CC2)cs1)C(c1ccccc1)N1Cc2ccccc2C1=O. The van der Waals surface area contributed by atoms with Gasteiger partial charge in [-0.15, -0.1) is 11.3 Å². The maximum absolute atomic E-state index is 13.6. The minimum atomic E-state index is -0.826. The van der Waals surface area contributed by atoms with Crippen molar-refractivity contribution < 1.29 is 19.1 Å². The second-order valence-electron chi connectivity index (χ2n) is 10.1. The first-order chi connectivity index (χ1) is 19.1. The molecular formula is C29H31N5O4S. The van der Waals surface area contributed by atoms with Crippen LogP contribution in [0.2, 0.25) is 0 Å². The van der Waals surface area contributed by atoms with Gasteiger partial charge < -0.3 is 14.5 Å². The molecule has 0 aliphatic carbocycles. The van der Waals surface area contributed by atoms with Crippen molar-refractivity contribution in [1.29, 1.82) is 0 Å². The Labute approximate surface area is 231 Å². The van der Waals surface area contributed by atoms with Crippen molar-refractivity contribution in [2.45, 2.75) is 31.5 Å². The number of thiazole rings is 1. The van der Waals surface area contributed by atoms with E-state index in [9.17, 15) is 14.4 Å². The van der Waals surface area contributed by atoms with Gasteiger partial charge in [0.1, 0.15) is 11.7 Å². The Morgan fingerprint density at radius 2 is 1.69 bits per heavy atom. The average molecular weight is 546 g/mol. The zero-order valence-electron chi connectivity index (χ0n) is 21.6. The number of hydrogen-bond donors (Lipinski definition) is 1. The number of aromatic nitrogens is 1. The third-order valence-electron chi connectivity index (χ3n) is 7.79. The third-order valence-corrected chi connectivity index (χ3v) is 8.55. The van der Waals surface area contributed by atoms with Gasteiger partial charge in [0, 0.05) is 49.7 Å². The molecule has 0 radical (unpaired) electrons. The zero-order chi connectivity index (χ0) is 26.8. The number of rotatable bonds is 6. The lowest BCUT2D eigenvalue weighted by Gasteiger charge is -2.39. The van der Waals surface area contributed by atoms with Gasteiger partial charge in [-0.05, 0) is 30.0 Å². The molecule has 1 N–H and O–H groups in total. The first-order valence-corrected chi connectivity index (χ1v) is 14.3. The fraction of sp³-hybridized carbons (Fsp3) is 0.379. The number of likely N-dealkylation sites (tertiary alicyclic amines) is 1. The van der Waals surface area contributed by atoms with Crippen molar-refractivity contribution in [3.8, 4) is 0 Å². The molecule has 9 nitrogen and oxygen atoms in total. The molecule has 1 aromatic heterocycles. The largest absolute Gasteiger partial charge is 0.379 e. The van der Waals surface area contributed by atoms with Crippen LogP contribution in [0.3, 0.4) is 0 Å². The summed E-state index contributed by atoms with van der Waals surface area (Å²) in [5.41, 5.74) is 2.56.